The predicted molar refractivity (Wildman–Crippen MR) is 118 cm³/mol. The first-order chi connectivity index (χ1) is 14.9. The number of pyridine rings is 2. The van der Waals surface area contributed by atoms with Crippen molar-refractivity contribution in [3.63, 3.8) is 0 Å². The summed E-state index contributed by atoms with van der Waals surface area (Å²) in [5.74, 6) is 0. The Balaban J connectivity index is 0.000000647. The first-order valence-corrected chi connectivity index (χ1v) is 9.14. The van der Waals surface area contributed by atoms with Crippen molar-refractivity contribution in [3.8, 4) is 22.3 Å². The van der Waals surface area contributed by atoms with Gasteiger partial charge in [-0.05, 0) is 34.4 Å². The van der Waals surface area contributed by atoms with Gasteiger partial charge in [0.15, 0.2) is 0 Å². The SMILES string of the molecule is [C-]#N.[C-]#N.[Pt+2].c1ccc(-c2ccnc3c2ccc2c(-c4ccccc4)ccnc23)cc1. The molecule has 0 unspecified atom stereocenters. The fraction of sp³-hybridized carbons (Fsp3) is 0. The molecule has 0 spiro atoms. The molecule has 5 aromatic rings. The minimum absolute atomic E-state index is 0. The van der Waals surface area contributed by atoms with Gasteiger partial charge in [-0.1, -0.05) is 72.8 Å². The summed E-state index contributed by atoms with van der Waals surface area (Å²) in [6.07, 6.45) is 3.75. The Kier molecular flexibility index (Phi) is 8.59. The van der Waals surface area contributed by atoms with E-state index in [1.165, 1.54) is 22.3 Å². The molecule has 4 nitrogen and oxygen atoms in total. The molecule has 0 aliphatic carbocycles. The normalized spacial score (nSPS) is 9.42. The molecule has 0 aliphatic heterocycles. The van der Waals surface area contributed by atoms with E-state index in [1.54, 1.807) is 0 Å². The molecule has 5 rings (SSSR count). The van der Waals surface area contributed by atoms with Crippen LogP contribution >= 0.6 is 0 Å². The van der Waals surface area contributed by atoms with E-state index in [0.29, 0.717) is 0 Å². The topological polar surface area (TPSA) is 73.4 Å². The van der Waals surface area contributed by atoms with Gasteiger partial charge in [0, 0.05) is 23.2 Å². The predicted octanol–water partition coefficient (Wildman–Crippen LogP) is 6.31. The summed E-state index contributed by atoms with van der Waals surface area (Å²) in [4.78, 5) is 9.34. The number of nitrogens with zero attached hydrogens (tertiary/aromatic N) is 4. The summed E-state index contributed by atoms with van der Waals surface area (Å²) < 4.78 is 0. The smallest absolute Gasteiger partial charge is 0.512 e. The molecule has 0 saturated carbocycles. The first kappa shape index (κ1) is 23.4. The van der Waals surface area contributed by atoms with Gasteiger partial charge in [-0.15, -0.1) is 0 Å². The molecule has 0 N–H and O–H groups in total. The Hall–Kier alpha value is -3.85. The van der Waals surface area contributed by atoms with Crippen molar-refractivity contribution in [2.75, 3.05) is 0 Å². The number of aromatic nitrogens is 2. The van der Waals surface area contributed by atoms with E-state index >= 15 is 0 Å². The second kappa shape index (κ2) is 11.4. The zero-order valence-corrected chi connectivity index (χ0v) is 18.6. The average Bonchev–Trinajstić information content (AvgIpc) is 2.86. The zero-order chi connectivity index (χ0) is 21.3. The number of hydrogen-bond donors (Lipinski definition) is 0. The summed E-state index contributed by atoms with van der Waals surface area (Å²) in [5.41, 5.74) is 6.65. The third-order valence-corrected chi connectivity index (χ3v) is 4.79. The van der Waals surface area contributed by atoms with Crippen molar-refractivity contribution in [2.45, 2.75) is 0 Å². The van der Waals surface area contributed by atoms with Crippen molar-refractivity contribution < 1.29 is 21.1 Å². The van der Waals surface area contributed by atoms with Gasteiger partial charge in [-0.3, -0.25) is 9.97 Å². The summed E-state index contributed by atoms with van der Waals surface area (Å²) in [5, 5.41) is 14.8. The van der Waals surface area contributed by atoms with Gasteiger partial charge in [0.2, 0.25) is 0 Å². The summed E-state index contributed by atoms with van der Waals surface area (Å²) in [6, 6.07) is 29.3. The molecule has 0 aliphatic rings. The molecule has 2 aromatic heterocycles. The third-order valence-electron chi connectivity index (χ3n) is 4.79. The second-order valence-corrected chi connectivity index (χ2v) is 6.31. The minimum Gasteiger partial charge on any atom is -0.512 e. The van der Waals surface area contributed by atoms with E-state index < -0.39 is 0 Å². The summed E-state index contributed by atoms with van der Waals surface area (Å²) in [6.45, 7) is 9.50. The Bertz CT molecular complexity index is 1210. The van der Waals surface area contributed by atoms with Crippen LogP contribution in [0.1, 0.15) is 0 Å². The van der Waals surface area contributed by atoms with E-state index in [4.69, 9.17) is 23.7 Å². The molecule has 0 bridgehead atoms. The van der Waals surface area contributed by atoms with E-state index in [2.05, 4.69) is 82.8 Å². The second-order valence-electron chi connectivity index (χ2n) is 6.31. The monoisotopic (exact) mass is 579 g/mol. The Labute approximate surface area is 195 Å². The van der Waals surface area contributed by atoms with Crippen LogP contribution in [0.15, 0.2) is 97.3 Å². The van der Waals surface area contributed by atoms with Crippen molar-refractivity contribution >= 4 is 21.8 Å². The van der Waals surface area contributed by atoms with E-state index in [0.717, 1.165) is 21.8 Å². The van der Waals surface area contributed by atoms with Crippen LogP contribution in [0.4, 0.5) is 0 Å². The molecule has 5 heteroatoms. The van der Waals surface area contributed by atoms with Gasteiger partial charge in [-0.2, -0.15) is 0 Å². The average molecular weight is 580 g/mol. The standard InChI is InChI=1S/C24H16N2.2CN.Pt/c1-3-7-17(8-4-1)19-13-15-25-23-21(19)11-12-22-20(14-16-26-24(22)23)18-9-5-2-6-10-18;2*1-2;/h1-16H;;;/q;2*-1;+2. The number of hydrogen-bond acceptors (Lipinski definition) is 4. The molecule has 150 valence electrons. The minimum atomic E-state index is 0. The van der Waals surface area contributed by atoms with Crippen LogP contribution in [0.2, 0.25) is 0 Å². The molecular formula is C26H16N4Pt. The Morgan fingerprint density at radius 2 is 0.839 bits per heavy atom. The van der Waals surface area contributed by atoms with E-state index in [1.807, 2.05) is 24.5 Å². The Morgan fingerprint density at radius 3 is 1.19 bits per heavy atom. The van der Waals surface area contributed by atoms with Crippen LogP contribution in [0.3, 0.4) is 0 Å². The number of rotatable bonds is 2. The maximum Gasteiger partial charge on any atom is 2.00 e. The van der Waals surface area contributed by atoms with Gasteiger partial charge in [0.05, 0.1) is 11.0 Å². The Morgan fingerprint density at radius 1 is 0.484 bits per heavy atom. The van der Waals surface area contributed by atoms with Gasteiger partial charge < -0.3 is 23.7 Å². The van der Waals surface area contributed by atoms with Crippen molar-refractivity contribution in [3.05, 3.63) is 110 Å². The van der Waals surface area contributed by atoms with Gasteiger partial charge in [-0.25, -0.2) is 0 Å². The van der Waals surface area contributed by atoms with Gasteiger partial charge in [0.1, 0.15) is 0 Å². The van der Waals surface area contributed by atoms with E-state index in [-0.39, 0.29) is 21.1 Å². The van der Waals surface area contributed by atoms with Crippen LogP contribution in [0.25, 0.3) is 44.1 Å². The number of benzene rings is 3. The maximum atomic E-state index is 6.25. The molecule has 0 radical (unpaired) electrons. The van der Waals surface area contributed by atoms with Crippen molar-refractivity contribution in [2.24, 2.45) is 0 Å². The quantitative estimate of drug-likeness (QED) is 0.182. The zero-order valence-electron chi connectivity index (χ0n) is 16.3. The molecule has 0 saturated heterocycles. The third kappa shape index (κ3) is 4.67. The number of fused-ring (bicyclic) bond motifs is 3. The molecule has 31 heavy (non-hydrogen) atoms. The molecule has 2 heterocycles. The molecule has 3 aromatic carbocycles. The molecule has 0 atom stereocenters. The van der Waals surface area contributed by atoms with Gasteiger partial charge >= 0.3 is 21.1 Å². The molecule has 0 fully saturated rings. The maximum absolute atomic E-state index is 6.25. The van der Waals surface area contributed by atoms with Crippen LogP contribution in [0, 0.1) is 23.7 Å². The van der Waals surface area contributed by atoms with Crippen LogP contribution in [0.5, 0.6) is 0 Å². The first-order valence-electron chi connectivity index (χ1n) is 9.14. The van der Waals surface area contributed by atoms with Crippen LogP contribution < -0.4 is 0 Å². The largest absolute Gasteiger partial charge is 2.00 e. The van der Waals surface area contributed by atoms with Crippen LogP contribution in [-0.2, 0) is 21.1 Å². The fourth-order valence-electron chi connectivity index (χ4n) is 3.57. The van der Waals surface area contributed by atoms with Crippen molar-refractivity contribution in [1.29, 1.82) is 10.5 Å². The fourth-order valence-corrected chi connectivity index (χ4v) is 3.57. The van der Waals surface area contributed by atoms with Crippen LogP contribution in [-0.4, -0.2) is 9.97 Å². The van der Waals surface area contributed by atoms with Gasteiger partial charge in [0.25, 0.3) is 0 Å². The van der Waals surface area contributed by atoms with Crippen molar-refractivity contribution in [1.82, 2.24) is 9.97 Å². The molecular weight excluding hydrogens is 563 g/mol. The summed E-state index contributed by atoms with van der Waals surface area (Å²) in [7, 11) is 0. The molecule has 0 amide bonds. The van der Waals surface area contributed by atoms with E-state index in [9.17, 15) is 0 Å². The summed E-state index contributed by atoms with van der Waals surface area (Å²) >= 11 is 0.